The van der Waals surface area contributed by atoms with Crippen LogP contribution in [-0.4, -0.2) is 11.3 Å². The van der Waals surface area contributed by atoms with Crippen molar-refractivity contribution in [2.24, 2.45) is 11.7 Å². The minimum absolute atomic E-state index is 0.241. The quantitative estimate of drug-likeness (QED) is 0.861. The van der Waals surface area contributed by atoms with Crippen LogP contribution in [0.2, 0.25) is 5.02 Å². The molecular formula is C14H20ClNS. The highest BCUT2D eigenvalue weighted by atomic mass is 35.5. The minimum Gasteiger partial charge on any atom is -0.329 e. The van der Waals surface area contributed by atoms with Crippen LogP contribution in [0.1, 0.15) is 32.6 Å². The molecule has 1 saturated carbocycles. The summed E-state index contributed by atoms with van der Waals surface area (Å²) in [5, 5.41) is 0.851. The van der Waals surface area contributed by atoms with E-state index in [4.69, 9.17) is 17.3 Å². The Labute approximate surface area is 113 Å². The Morgan fingerprint density at radius 2 is 2.12 bits per heavy atom. The van der Waals surface area contributed by atoms with Crippen molar-refractivity contribution in [3.05, 3.63) is 29.3 Å². The normalized spacial score (nSPS) is 27.8. The molecule has 94 valence electrons. The average Bonchev–Trinajstić information content (AvgIpc) is 2.29. The predicted molar refractivity (Wildman–Crippen MR) is 76.7 cm³/mol. The Morgan fingerprint density at radius 3 is 2.71 bits per heavy atom. The summed E-state index contributed by atoms with van der Waals surface area (Å²) in [4.78, 5) is 1.18. The molecule has 0 atom stereocenters. The molecule has 0 amide bonds. The zero-order valence-corrected chi connectivity index (χ0v) is 11.9. The van der Waals surface area contributed by atoms with Crippen LogP contribution >= 0.6 is 23.4 Å². The van der Waals surface area contributed by atoms with E-state index in [1.165, 1.54) is 30.6 Å². The van der Waals surface area contributed by atoms with Crippen molar-refractivity contribution in [2.75, 3.05) is 6.54 Å². The molecule has 1 aliphatic rings. The van der Waals surface area contributed by atoms with E-state index in [-0.39, 0.29) is 4.75 Å². The molecule has 0 spiro atoms. The summed E-state index contributed by atoms with van der Waals surface area (Å²) in [5.74, 6) is 0.874. The molecule has 0 radical (unpaired) electrons. The van der Waals surface area contributed by atoms with E-state index in [0.717, 1.165) is 17.5 Å². The monoisotopic (exact) mass is 269 g/mol. The van der Waals surface area contributed by atoms with Crippen molar-refractivity contribution >= 4 is 23.4 Å². The first-order chi connectivity index (χ1) is 8.19. The van der Waals surface area contributed by atoms with Crippen molar-refractivity contribution in [1.29, 1.82) is 0 Å². The molecule has 17 heavy (non-hydrogen) atoms. The molecule has 0 saturated heterocycles. The molecule has 0 aliphatic heterocycles. The van der Waals surface area contributed by atoms with Gasteiger partial charge in [-0.25, -0.2) is 0 Å². The lowest BCUT2D eigenvalue weighted by atomic mass is 9.72. The van der Waals surface area contributed by atoms with Crippen LogP contribution in [0.15, 0.2) is 29.2 Å². The zero-order valence-electron chi connectivity index (χ0n) is 10.3. The van der Waals surface area contributed by atoms with Crippen LogP contribution in [0.4, 0.5) is 0 Å². The van der Waals surface area contributed by atoms with Crippen molar-refractivity contribution in [3.63, 3.8) is 0 Å². The lowest BCUT2D eigenvalue weighted by Gasteiger charge is -2.47. The molecule has 0 heterocycles. The van der Waals surface area contributed by atoms with Gasteiger partial charge in [-0.3, -0.25) is 0 Å². The van der Waals surface area contributed by atoms with Crippen molar-refractivity contribution in [2.45, 2.75) is 42.2 Å². The molecule has 1 fully saturated rings. The second kappa shape index (κ2) is 5.64. The van der Waals surface area contributed by atoms with Crippen LogP contribution in [-0.2, 0) is 0 Å². The molecule has 1 nitrogen and oxygen atoms in total. The van der Waals surface area contributed by atoms with E-state index < -0.39 is 0 Å². The van der Waals surface area contributed by atoms with Gasteiger partial charge >= 0.3 is 0 Å². The van der Waals surface area contributed by atoms with Gasteiger partial charge < -0.3 is 5.73 Å². The maximum Gasteiger partial charge on any atom is 0.0542 e. The molecule has 0 aromatic heterocycles. The number of halogens is 1. The summed E-state index contributed by atoms with van der Waals surface area (Å²) >= 11 is 8.08. The second-order valence-electron chi connectivity index (χ2n) is 4.98. The van der Waals surface area contributed by atoms with Gasteiger partial charge in [0.1, 0.15) is 0 Å². The van der Waals surface area contributed by atoms with Gasteiger partial charge in [-0.05, 0) is 30.9 Å². The molecule has 2 rings (SSSR count). The summed E-state index contributed by atoms with van der Waals surface area (Å²) in [7, 11) is 0. The zero-order chi connectivity index (χ0) is 12.3. The highest BCUT2D eigenvalue weighted by Crippen LogP contribution is 2.52. The summed E-state index contributed by atoms with van der Waals surface area (Å²) in [6, 6.07) is 8.07. The van der Waals surface area contributed by atoms with Crippen molar-refractivity contribution in [3.8, 4) is 0 Å². The van der Waals surface area contributed by atoms with Gasteiger partial charge in [0.05, 0.1) is 5.02 Å². The molecule has 1 aromatic carbocycles. The van der Waals surface area contributed by atoms with Crippen LogP contribution in [0.5, 0.6) is 0 Å². The van der Waals surface area contributed by atoms with E-state index >= 15 is 0 Å². The number of hydrogen-bond acceptors (Lipinski definition) is 2. The molecular weight excluding hydrogens is 250 g/mol. The van der Waals surface area contributed by atoms with Gasteiger partial charge in [0.15, 0.2) is 0 Å². The van der Waals surface area contributed by atoms with Gasteiger partial charge in [0.2, 0.25) is 0 Å². The van der Waals surface area contributed by atoms with Crippen LogP contribution in [0.3, 0.4) is 0 Å². The Balaban J connectivity index is 2.00. The van der Waals surface area contributed by atoms with Crippen LogP contribution in [0.25, 0.3) is 0 Å². The summed E-state index contributed by atoms with van der Waals surface area (Å²) in [6.45, 7) is 3.01. The first-order valence-electron chi connectivity index (χ1n) is 6.33. The SMILES string of the molecule is CCCC1CC(CN)(Sc2ccccc2Cl)C1. The summed E-state index contributed by atoms with van der Waals surface area (Å²) in [5.41, 5.74) is 5.96. The Morgan fingerprint density at radius 1 is 1.41 bits per heavy atom. The summed E-state index contributed by atoms with van der Waals surface area (Å²) in [6.07, 6.45) is 5.10. The first-order valence-corrected chi connectivity index (χ1v) is 7.52. The van der Waals surface area contributed by atoms with Crippen LogP contribution < -0.4 is 5.73 Å². The van der Waals surface area contributed by atoms with Crippen LogP contribution in [0, 0.1) is 5.92 Å². The fourth-order valence-corrected chi connectivity index (χ4v) is 4.41. The number of hydrogen-bond donors (Lipinski definition) is 1. The second-order valence-corrected chi connectivity index (χ2v) is 6.90. The molecule has 2 N–H and O–H groups in total. The average molecular weight is 270 g/mol. The summed E-state index contributed by atoms with van der Waals surface area (Å²) < 4.78 is 0.241. The van der Waals surface area contributed by atoms with Crippen molar-refractivity contribution in [1.82, 2.24) is 0 Å². The van der Waals surface area contributed by atoms with E-state index in [1.807, 2.05) is 30.0 Å². The lowest BCUT2D eigenvalue weighted by Crippen LogP contribution is -2.46. The minimum atomic E-state index is 0.241. The van der Waals surface area contributed by atoms with Gasteiger partial charge in [0, 0.05) is 16.2 Å². The third kappa shape index (κ3) is 2.98. The maximum absolute atomic E-state index is 6.20. The molecule has 1 aliphatic carbocycles. The van der Waals surface area contributed by atoms with E-state index in [1.54, 1.807) is 0 Å². The maximum atomic E-state index is 6.20. The highest BCUT2D eigenvalue weighted by Gasteiger charge is 2.43. The number of rotatable bonds is 5. The van der Waals surface area contributed by atoms with E-state index in [2.05, 4.69) is 13.0 Å². The Hall–Kier alpha value is -0.180. The number of thioether (sulfide) groups is 1. The largest absolute Gasteiger partial charge is 0.329 e. The standard InChI is InChI=1S/C14H20ClNS/c1-2-5-11-8-14(9-11,10-16)17-13-7-4-3-6-12(13)15/h3-4,6-7,11H,2,5,8-10,16H2,1H3. The van der Waals surface area contributed by atoms with Gasteiger partial charge in [-0.2, -0.15) is 0 Å². The Kier molecular flexibility index (Phi) is 4.40. The topological polar surface area (TPSA) is 26.0 Å². The molecule has 0 unspecified atom stereocenters. The Bertz CT molecular complexity index is 374. The highest BCUT2D eigenvalue weighted by molar-refractivity contribution is 8.00. The molecule has 0 bridgehead atoms. The van der Waals surface area contributed by atoms with Gasteiger partial charge in [-0.15, -0.1) is 11.8 Å². The first kappa shape index (κ1) is 13.3. The van der Waals surface area contributed by atoms with Gasteiger partial charge in [0.25, 0.3) is 0 Å². The predicted octanol–water partition coefficient (Wildman–Crippen LogP) is 4.34. The fraction of sp³-hybridized carbons (Fsp3) is 0.571. The van der Waals surface area contributed by atoms with E-state index in [9.17, 15) is 0 Å². The van der Waals surface area contributed by atoms with Gasteiger partial charge in [-0.1, -0.05) is 43.5 Å². The molecule has 3 heteroatoms. The van der Waals surface area contributed by atoms with E-state index in [0.29, 0.717) is 0 Å². The number of nitrogens with two attached hydrogens (primary N) is 1. The third-order valence-electron chi connectivity index (χ3n) is 3.55. The fourth-order valence-electron chi connectivity index (χ4n) is 2.66. The third-order valence-corrected chi connectivity index (χ3v) is 5.50. The smallest absolute Gasteiger partial charge is 0.0542 e. The molecule has 1 aromatic rings. The number of benzene rings is 1. The van der Waals surface area contributed by atoms with Crippen molar-refractivity contribution < 1.29 is 0 Å². The lowest BCUT2D eigenvalue weighted by molar-refractivity contribution is 0.220.